The van der Waals surface area contributed by atoms with Gasteiger partial charge in [0.05, 0.1) is 12.1 Å². The minimum Gasteiger partial charge on any atom is -0.461 e. The molecule has 1 unspecified atom stereocenters. The molecule has 0 radical (unpaired) electrons. The Labute approximate surface area is 242 Å². The summed E-state index contributed by atoms with van der Waals surface area (Å²) in [5, 5.41) is 3.98. The van der Waals surface area contributed by atoms with Crippen molar-refractivity contribution in [1.29, 1.82) is 0 Å². The van der Waals surface area contributed by atoms with E-state index in [9.17, 15) is 9.18 Å². The first-order valence-corrected chi connectivity index (χ1v) is 13.6. The maximum Gasteiger partial charge on any atom is 0.306 e. The van der Waals surface area contributed by atoms with Crippen molar-refractivity contribution in [2.24, 2.45) is 10.7 Å². The van der Waals surface area contributed by atoms with Gasteiger partial charge in [-0.1, -0.05) is 35.5 Å². The quantitative estimate of drug-likeness (QED) is 0.182. The van der Waals surface area contributed by atoms with E-state index in [1.165, 1.54) is 18.5 Å². The summed E-state index contributed by atoms with van der Waals surface area (Å²) in [5.74, 6) is -0.150. The van der Waals surface area contributed by atoms with E-state index < -0.39 is 5.82 Å². The van der Waals surface area contributed by atoms with Gasteiger partial charge in [-0.15, -0.1) is 0 Å². The Bertz CT molecular complexity index is 1530. The average Bonchev–Trinajstić information content (AvgIpc) is 3.50. The smallest absolute Gasteiger partial charge is 0.306 e. The third-order valence-corrected chi connectivity index (χ3v) is 6.38. The van der Waals surface area contributed by atoms with Gasteiger partial charge in [-0.25, -0.2) is 9.37 Å². The van der Waals surface area contributed by atoms with Gasteiger partial charge in [0.15, 0.2) is 5.82 Å². The normalized spacial score (nSPS) is 15.5. The van der Waals surface area contributed by atoms with Gasteiger partial charge >= 0.3 is 5.97 Å². The van der Waals surface area contributed by atoms with E-state index in [1.54, 1.807) is 30.3 Å². The molecule has 1 atom stereocenters. The SMILES string of the molecule is N/C=C\C(=N\C1CCCCO1)c1cnc(Oc2ccc(-c3noc(CCC(=O)OCc4ccccc4)n3)cc2)c(F)c1. The number of nitrogens with two attached hydrogens (primary N) is 1. The summed E-state index contributed by atoms with van der Waals surface area (Å²) < 4.78 is 36.8. The van der Waals surface area contributed by atoms with E-state index in [-0.39, 0.29) is 37.5 Å². The van der Waals surface area contributed by atoms with Crippen molar-refractivity contribution >= 4 is 11.7 Å². The first kappa shape index (κ1) is 28.6. The molecule has 0 spiro atoms. The van der Waals surface area contributed by atoms with Crippen LogP contribution in [-0.2, 0) is 27.3 Å². The van der Waals surface area contributed by atoms with Crippen LogP contribution < -0.4 is 10.5 Å². The highest BCUT2D eigenvalue weighted by Gasteiger charge is 2.16. The van der Waals surface area contributed by atoms with E-state index in [2.05, 4.69) is 20.1 Å². The van der Waals surface area contributed by atoms with Crippen LogP contribution in [0.1, 0.15) is 42.7 Å². The Hall–Kier alpha value is -4.90. The topological polar surface area (TPSA) is 135 Å². The second kappa shape index (κ2) is 14.1. The number of aromatic nitrogens is 3. The highest BCUT2D eigenvalue weighted by atomic mass is 19.1. The third kappa shape index (κ3) is 7.85. The molecular weight excluding hydrogens is 541 g/mol. The van der Waals surface area contributed by atoms with Crippen LogP contribution in [0.15, 0.2) is 88.7 Å². The van der Waals surface area contributed by atoms with Crippen LogP contribution in [0.5, 0.6) is 11.6 Å². The number of rotatable bonds is 11. The number of hydrogen-bond acceptors (Lipinski definition) is 10. The molecule has 1 aliphatic rings. The number of carbonyl (C=O) groups excluding carboxylic acids is 1. The maximum atomic E-state index is 14.9. The number of ether oxygens (including phenoxy) is 3. The van der Waals surface area contributed by atoms with Crippen LogP contribution in [0.25, 0.3) is 11.4 Å². The summed E-state index contributed by atoms with van der Waals surface area (Å²) in [7, 11) is 0. The lowest BCUT2D eigenvalue weighted by Crippen LogP contribution is -2.18. The summed E-state index contributed by atoms with van der Waals surface area (Å²) in [6, 6.07) is 17.5. The maximum absolute atomic E-state index is 14.9. The molecule has 10 nitrogen and oxygen atoms in total. The van der Waals surface area contributed by atoms with Gasteiger partial charge in [0.2, 0.25) is 11.7 Å². The molecule has 5 rings (SSSR count). The molecule has 216 valence electrons. The van der Waals surface area contributed by atoms with Gasteiger partial charge in [-0.05, 0) is 67.4 Å². The molecule has 1 fully saturated rings. The number of nitrogens with zero attached hydrogens (tertiary/aromatic N) is 4. The fourth-order valence-corrected chi connectivity index (χ4v) is 4.20. The zero-order chi connectivity index (χ0) is 29.1. The summed E-state index contributed by atoms with van der Waals surface area (Å²) in [6.45, 7) is 0.857. The van der Waals surface area contributed by atoms with Crippen molar-refractivity contribution in [1.82, 2.24) is 15.1 Å². The molecule has 4 aromatic rings. The molecule has 0 aliphatic carbocycles. The molecule has 0 amide bonds. The summed E-state index contributed by atoms with van der Waals surface area (Å²) in [5.41, 5.74) is 8.10. The summed E-state index contributed by atoms with van der Waals surface area (Å²) >= 11 is 0. The lowest BCUT2D eigenvalue weighted by Gasteiger charge is -2.19. The van der Waals surface area contributed by atoms with Crippen molar-refractivity contribution < 1.29 is 27.9 Å². The fraction of sp³-hybridized carbons (Fsp3) is 0.258. The minimum atomic E-state index is -0.649. The number of aryl methyl sites for hydroxylation is 1. The standard InChI is InChI=1S/C31H30FN5O5/c32-25-18-23(26(15-16-33)35-27-8-4-5-17-39-27)19-34-31(25)41-24-11-9-22(10-12-24)30-36-28(42-37-30)13-14-29(38)40-20-21-6-2-1-3-7-21/h1-3,6-7,9-12,15-16,18-19,27H,4-5,8,13-14,17,20,33H2/b16-15-,35-26-. The number of carbonyl (C=O) groups is 1. The highest BCUT2D eigenvalue weighted by molar-refractivity contribution is 6.08. The molecule has 1 saturated heterocycles. The van der Waals surface area contributed by atoms with Crippen LogP contribution in [0.4, 0.5) is 4.39 Å². The molecule has 11 heteroatoms. The molecule has 2 N–H and O–H groups in total. The van der Waals surface area contributed by atoms with Gasteiger partial charge in [0, 0.05) is 30.4 Å². The van der Waals surface area contributed by atoms with E-state index in [0.717, 1.165) is 24.8 Å². The number of pyridine rings is 1. The predicted molar refractivity (Wildman–Crippen MR) is 152 cm³/mol. The van der Waals surface area contributed by atoms with Gasteiger partial charge in [0.1, 0.15) is 18.6 Å². The second-order valence-corrected chi connectivity index (χ2v) is 9.49. The van der Waals surface area contributed by atoms with Crippen molar-refractivity contribution in [3.8, 4) is 23.0 Å². The van der Waals surface area contributed by atoms with E-state index in [4.69, 9.17) is 24.5 Å². The lowest BCUT2D eigenvalue weighted by atomic mass is 10.1. The average molecular weight is 572 g/mol. The first-order valence-electron chi connectivity index (χ1n) is 13.6. The van der Waals surface area contributed by atoms with E-state index in [0.29, 0.717) is 40.9 Å². The highest BCUT2D eigenvalue weighted by Crippen LogP contribution is 2.26. The Morgan fingerprint density at radius 1 is 1.14 bits per heavy atom. The molecule has 42 heavy (non-hydrogen) atoms. The minimum absolute atomic E-state index is 0.114. The van der Waals surface area contributed by atoms with Gasteiger partial charge in [-0.2, -0.15) is 4.98 Å². The summed E-state index contributed by atoms with van der Waals surface area (Å²) in [6.07, 6.45) is 7.31. The molecule has 1 aliphatic heterocycles. The first-order chi connectivity index (χ1) is 20.6. The van der Waals surface area contributed by atoms with E-state index >= 15 is 0 Å². The largest absolute Gasteiger partial charge is 0.461 e. The predicted octanol–water partition coefficient (Wildman–Crippen LogP) is 5.53. The number of esters is 1. The number of halogens is 1. The van der Waals surface area contributed by atoms with Crippen LogP contribution in [0, 0.1) is 5.82 Å². The number of allylic oxidation sites excluding steroid dienone is 1. The van der Waals surface area contributed by atoms with Crippen molar-refractivity contribution in [2.75, 3.05) is 6.61 Å². The van der Waals surface area contributed by atoms with Gasteiger partial charge < -0.3 is 24.5 Å². The zero-order valence-electron chi connectivity index (χ0n) is 22.8. The Kier molecular flexibility index (Phi) is 9.63. The number of aliphatic imine (C=N–C) groups is 1. The summed E-state index contributed by atoms with van der Waals surface area (Å²) in [4.78, 5) is 25.1. The zero-order valence-corrected chi connectivity index (χ0v) is 22.8. The van der Waals surface area contributed by atoms with Gasteiger partial charge in [-0.3, -0.25) is 9.79 Å². The van der Waals surface area contributed by atoms with Crippen molar-refractivity contribution in [3.05, 3.63) is 102 Å². The second-order valence-electron chi connectivity index (χ2n) is 9.49. The molecule has 2 aromatic heterocycles. The fourth-order valence-electron chi connectivity index (χ4n) is 4.20. The Morgan fingerprint density at radius 3 is 2.71 bits per heavy atom. The Morgan fingerprint density at radius 2 is 1.98 bits per heavy atom. The molecule has 3 heterocycles. The number of hydrogen-bond donors (Lipinski definition) is 1. The monoisotopic (exact) mass is 571 g/mol. The lowest BCUT2D eigenvalue weighted by molar-refractivity contribution is -0.145. The van der Waals surface area contributed by atoms with Gasteiger partial charge in [0.25, 0.3) is 5.88 Å². The molecule has 2 aromatic carbocycles. The van der Waals surface area contributed by atoms with Crippen LogP contribution in [0.3, 0.4) is 0 Å². The third-order valence-electron chi connectivity index (χ3n) is 6.38. The van der Waals surface area contributed by atoms with Crippen LogP contribution in [-0.4, -0.2) is 39.6 Å². The molecular formula is C31H30FN5O5. The van der Waals surface area contributed by atoms with Crippen LogP contribution in [0.2, 0.25) is 0 Å². The van der Waals surface area contributed by atoms with Crippen LogP contribution >= 0.6 is 0 Å². The van der Waals surface area contributed by atoms with Crippen molar-refractivity contribution in [2.45, 2.75) is 44.9 Å². The molecule has 0 saturated carbocycles. The Balaban J connectivity index is 1.16. The number of benzene rings is 2. The van der Waals surface area contributed by atoms with Crippen molar-refractivity contribution in [3.63, 3.8) is 0 Å². The van der Waals surface area contributed by atoms with E-state index in [1.807, 2.05) is 30.3 Å². The molecule has 0 bridgehead atoms.